The maximum absolute atomic E-state index is 12.4. The fraction of sp³-hybridized carbons (Fsp3) is 0.200. The second kappa shape index (κ2) is 6.41. The largest absolute Gasteiger partial charge is 0.459 e. The maximum atomic E-state index is 12.4. The second-order valence-corrected chi connectivity index (χ2v) is 4.77. The van der Waals surface area contributed by atoms with Crippen LogP contribution in [0.2, 0.25) is 0 Å². The van der Waals surface area contributed by atoms with Gasteiger partial charge in [-0.15, -0.1) is 5.10 Å². The zero-order valence-electron chi connectivity index (χ0n) is 12.4. The average molecular weight is 314 g/mol. The molecule has 1 N–H and O–H groups in total. The van der Waals surface area contributed by atoms with Gasteiger partial charge < -0.3 is 14.5 Å². The van der Waals surface area contributed by atoms with Gasteiger partial charge in [0, 0.05) is 12.8 Å². The molecule has 0 fully saturated rings. The molecule has 1 aromatic carbocycles. The molecule has 2 aromatic heterocycles. The predicted molar refractivity (Wildman–Crippen MR) is 82.3 cm³/mol. The van der Waals surface area contributed by atoms with Gasteiger partial charge >= 0.3 is 0 Å². The average Bonchev–Trinajstić information content (AvgIpc) is 3.09. The van der Waals surface area contributed by atoms with Gasteiger partial charge in [0.25, 0.3) is 11.5 Å². The number of methoxy groups -OCH3 is 1. The molecule has 118 valence electrons. The lowest BCUT2D eigenvalue weighted by atomic mass is 10.2. The zero-order valence-corrected chi connectivity index (χ0v) is 12.4. The van der Waals surface area contributed by atoms with Crippen molar-refractivity contribution in [2.24, 2.45) is 0 Å². The van der Waals surface area contributed by atoms with E-state index in [1.165, 1.54) is 10.9 Å². The first-order chi connectivity index (χ1) is 11.2. The van der Waals surface area contributed by atoms with Crippen LogP contribution in [0.4, 0.5) is 5.69 Å². The number of ether oxygens (including phenoxy) is 1. The third-order valence-corrected chi connectivity index (χ3v) is 3.23. The van der Waals surface area contributed by atoms with E-state index >= 15 is 0 Å². The summed E-state index contributed by atoms with van der Waals surface area (Å²) in [5.41, 5.74) is 0.642. The molecule has 0 radical (unpaired) electrons. The Balaban J connectivity index is 1.92. The van der Waals surface area contributed by atoms with Gasteiger partial charge in [-0.1, -0.05) is 5.21 Å². The number of anilines is 1. The predicted octanol–water partition coefficient (Wildman–Crippen LogP) is 1.28. The summed E-state index contributed by atoms with van der Waals surface area (Å²) in [6.45, 7) is 0.663. The van der Waals surface area contributed by atoms with E-state index in [1.807, 2.05) is 0 Å². The number of furan rings is 1. The van der Waals surface area contributed by atoms with Gasteiger partial charge in [0.15, 0.2) is 5.76 Å². The van der Waals surface area contributed by atoms with Crippen molar-refractivity contribution in [1.82, 2.24) is 15.0 Å². The zero-order chi connectivity index (χ0) is 16.2. The normalized spacial score (nSPS) is 10.8. The van der Waals surface area contributed by atoms with Gasteiger partial charge in [0.1, 0.15) is 5.52 Å². The highest BCUT2D eigenvalue weighted by molar-refractivity contribution is 6.03. The van der Waals surface area contributed by atoms with Crippen molar-refractivity contribution in [3.63, 3.8) is 0 Å². The number of hydrogen-bond acceptors (Lipinski definition) is 6. The summed E-state index contributed by atoms with van der Waals surface area (Å²) in [4.78, 5) is 24.3. The molecular weight excluding hydrogens is 300 g/mol. The topological polar surface area (TPSA) is 99.2 Å². The Kier molecular flexibility index (Phi) is 4.15. The van der Waals surface area contributed by atoms with E-state index in [9.17, 15) is 9.59 Å². The van der Waals surface area contributed by atoms with Crippen LogP contribution in [0, 0.1) is 0 Å². The van der Waals surface area contributed by atoms with Gasteiger partial charge in [0.2, 0.25) is 0 Å². The summed E-state index contributed by atoms with van der Waals surface area (Å²) in [7, 11) is 1.54. The van der Waals surface area contributed by atoms with Crippen molar-refractivity contribution >= 4 is 22.5 Å². The number of rotatable bonds is 5. The smallest absolute Gasteiger partial charge is 0.291 e. The van der Waals surface area contributed by atoms with Gasteiger partial charge in [-0.25, -0.2) is 4.68 Å². The lowest BCUT2D eigenvalue weighted by Gasteiger charge is -2.06. The molecule has 3 aromatic rings. The van der Waals surface area contributed by atoms with Crippen molar-refractivity contribution in [2.75, 3.05) is 19.0 Å². The van der Waals surface area contributed by atoms with Crippen LogP contribution in [0.15, 0.2) is 45.8 Å². The van der Waals surface area contributed by atoms with Gasteiger partial charge in [-0.2, -0.15) is 0 Å². The van der Waals surface area contributed by atoms with Crippen LogP contribution in [0.25, 0.3) is 10.9 Å². The summed E-state index contributed by atoms with van der Waals surface area (Å²) >= 11 is 0. The number of fused-ring (bicyclic) bond motifs is 1. The molecule has 8 heteroatoms. The van der Waals surface area contributed by atoms with Crippen molar-refractivity contribution in [2.45, 2.75) is 6.54 Å². The van der Waals surface area contributed by atoms with Gasteiger partial charge in [-0.05, 0) is 30.3 Å². The maximum Gasteiger partial charge on any atom is 0.291 e. The number of amides is 1. The molecule has 0 aliphatic carbocycles. The van der Waals surface area contributed by atoms with Crippen LogP contribution in [0.5, 0.6) is 0 Å². The van der Waals surface area contributed by atoms with Crippen LogP contribution in [-0.2, 0) is 11.3 Å². The number of nitrogens with one attached hydrogen (secondary N) is 1. The van der Waals surface area contributed by atoms with E-state index in [2.05, 4.69) is 15.6 Å². The first-order valence-corrected chi connectivity index (χ1v) is 6.90. The molecular formula is C15H14N4O4. The molecule has 2 heterocycles. The number of aromatic nitrogens is 3. The van der Waals surface area contributed by atoms with E-state index in [0.29, 0.717) is 29.7 Å². The van der Waals surface area contributed by atoms with Crippen LogP contribution >= 0.6 is 0 Å². The van der Waals surface area contributed by atoms with Crippen molar-refractivity contribution in [3.8, 4) is 0 Å². The fourth-order valence-electron chi connectivity index (χ4n) is 2.08. The highest BCUT2D eigenvalue weighted by Gasteiger charge is 2.11. The van der Waals surface area contributed by atoms with Crippen LogP contribution in [0.3, 0.4) is 0 Å². The van der Waals surface area contributed by atoms with Crippen LogP contribution in [0.1, 0.15) is 10.6 Å². The van der Waals surface area contributed by atoms with Crippen molar-refractivity contribution in [1.29, 1.82) is 0 Å². The summed E-state index contributed by atoms with van der Waals surface area (Å²) in [5.74, 6) is -0.202. The van der Waals surface area contributed by atoms with E-state index in [0.717, 1.165) is 0 Å². The molecule has 0 spiro atoms. The number of hydrogen-bond donors (Lipinski definition) is 1. The summed E-state index contributed by atoms with van der Waals surface area (Å²) in [6, 6.07) is 8.02. The summed E-state index contributed by atoms with van der Waals surface area (Å²) in [5, 5.41) is 10.9. The number of benzene rings is 1. The molecule has 1 amide bonds. The number of carbonyl (C=O) groups is 1. The Labute approximate surface area is 130 Å². The first-order valence-electron chi connectivity index (χ1n) is 6.90. The third-order valence-electron chi connectivity index (χ3n) is 3.23. The minimum Gasteiger partial charge on any atom is -0.459 e. The third kappa shape index (κ3) is 3.11. The molecule has 0 aliphatic rings. The van der Waals surface area contributed by atoms with E-state index in [1.54, 1.807) is 37.4 Å². The second-order valence-electron chi connectivity index (χ2n) is 4.77. The van der Waals surface area contributed by atoms with Gasteiger partial charge in [0.05, 0.1) is 24.8 Å². The number of nitrogens with zero attached hydrogens (tertiary/aromatic N) is 3. The molecule has 0 saturated heterocycles. The Hall–Kier alpha value is -3.00. The molecule has 0 atom stereocenters. The number of carbonyl (C=O) groups excluding carboxylic acids is 1. The summed E-state index contributed by atoms with van der Waals surface area (Å²) in [6.07, 6.45) is 1.42. The van der Waals surface area contributed by atoms with Crippen molar-refractivity contribution < 1.29 is 13.9 Å². The Morgan fingerprint density at radius 3 is 3.00 bits per heavy atom. The molecule has 0 saturated carbocycles. The van der Waals surface area contributed by atoms with Crippen LogP contribution < -0.4 is 10.9 Å². The summed E-state index contributed by atoms with van der Waals surface area (Å²) < 4.78 is 11.2. The van der Waals surface area contributed by atoms with Crippen LogP contribution in [-0.4, -0.2) is 34.6 Å². The monoisotopic (exact) mass is 314 g/mol. The minimum atomic E-state index is -0.393. The molecule has 0 unspecified atom stereocenters. The fourth-order valence-corrected chi connectivity index (χ4v) is 2.08. The molecule has 0 aliphatic heterocycles. The Morgan fingerprint density at radius 2 is 2.26 bits per heavy atom. The Morgan fingerprint density at radius 1 is 1.39 bits per heavy atom. The van der Waals surface area contributed by atoms with E-state index in [-0.39, 0.29) is 11.3 Å². The lowest BCUT2D eigenvalue weighted by Crippen LogP contribution is -2.26. The Bertz CT molecular complexity index is 886. The molecule has 3 rings (SSSR count). The molecule has 8 nitrogen and oxygen atoms in total. The van der Waals surface area contributed by atoms with Gasteiger partial charge in [-0.3, -0.25) is 9.59 Å². The van der Waals surface area contributed by atoms with Crippen molar-refractivity contribution in [3.05, 3.63) is 52.7 Å². The van der Waals surface area contributed by atoms with E-state index in [4.69, 9.17) is 9.15 Å². The molecule has 0 bridgehead atoms. The highest BCUT2D eigenvalue weighted by atomic mass is 16.5. The lowest BCUT2D eigenvalue weighted by molar-refractivity contribution is 0.0996. The SMILES string of the molecule is COCCn1nnc2ccc(NC(=O)c3ccco3)cc2c1=O. The quantitative estimate of drug-likeness (QED) is 0.761. The highest BCUT2D eigenvalue weighted by Crippen LogP contribution is 2.15. The standard InChI is InChI=1S/C15H14N4O4/c1-22-8-6-19-15(21)11-9-10(4-5-12(11)17-18-19)16-14(20)13-3-2-7-23-13/h2-5,7,9H,6,8H2,1H3,(H,16,20). The first kappa shape index (κ1) is 14.9. The molecule has 23 heavy (non-hydrogen) atoms. The van der Waals surface area contributed by atoms with E-state index < -0.39 is 5.91 Å². The minimum absolute atomic E-state index is 0.190.